The van der Waals surface area contributed by atoms with Crippen LogP contribution in [0.1, 0.15) is 21.6 Å². The van der Waals surface area contributed by atoms with Crippen molar-refractivity contribution in [1.29, 1.82) is 0 Å². The molecular weight excluding hydrogens is 270 g/mol. The van der Waals surface area contributed by atoms with Crippen molar-refractivity contribution in [2.75, 3.05) is 7.11 Å². The van der Waals surface area contributed by atoms with Gasteiger partial charge in [-0.2, -0.15) is 0 Å². The standard InChI is InChI=1S/C15H13N3O3/c1-21-14(19)10-3-4-11(16-8-10)6-9-2-5-12-13(7-9)18-15(20)17-12/h2-5,7-8H,6H2,1H3,(H2,17,18,20). The van der Waals surface area contributed by atoms with Crippen molar-refractivity contribution in [2.24, 2.45) is 0 Å². The van der Waals surface area contributed by atoms with Crippen molar-refractivity contribution in [3.05, 3.63) is 63.8 Å². The molecule has 0 saturated carbocycles. The number of rotatable bonds is 3. The second-order valence-electron chi connectivity index (χ2n) is 4.67. The first kappa shape index (κ1) is 13.1. The molecule has 0 unspecified atom stereocenters. The van der Waals surface area contributed by atoms with Gasteiger partial charge in [-0.1, -0.05) is 6.07 Å². The van der Waals surface area contributed by atoms with Crippen LogP contribution in [0.25, 0.3) is 11.0 Å². The number of carbonyl (C=O) groups excluding carboxylic acids is 1. The third-order valence-electron chi connectivity index (χ3n) is 3.21. The van der Waals surface area contributed by atoms with Crippen molar-refractivity contribution in [3.8, 4) is 0 Å². The van der Waals surface area contributed by atoms with Crippen molar-refractivity contribution in [2.45, 2.75) is 6.42 Å². The van der Waals surface area contributed by atoms with E-state index in [2.05, 4.69) is 19.7 Å². The normalized spacial score (nSPS) is 10.7. The van der Waals surface area contributed by atoms with Crippen LogP contribution in [-0.2, 0) is 11.2 Å². The van der Waals surface area contributed by atoms with Crippen LogP contribution in [0.15, 0.2) is 41.3 Å². The highest BCUT2D eigenvalue weighted by molar-refractivity contribution is 5.88. The molecule has 1 aromatic carbocycles. The Bertz CT molecular complexity index is 846. The number of pyridine rings is 1. The van der Waals surface area contributed by atoms with Gasteiger partial charge in [0.15, 0.2) is 0 Å². The van der Waals surface area contributed by atoms with Crippen LogP contribution in [0.2, 0.25) is 0 Å². The van der Waals surface area contributed by atoms with Gasteiger partial charge in [-0.25, -0.2) is 9.59 Å². The number of aromatic nitrogens is 3. The van der Waals surface area contributed by atoms with Crippen LogP contribution < -0.4 is 5.69 Å². The predicted octanol–water partition coefficient (Wildman–Crippen LogP) is 1.63. The summed E-state index contributed by atoms with van der Waals surface area (Å²) in [4.78, 5) is 32.2. The monoisotopic (exact) mass is 283 g/mol. The van der Waals surface area contributed by atoms with Crippen LogP contribution in [0.3, 0.4) is 0 Å². The SMILES string of the molecule is COC(=O)c1ccc(Cc2ccc3[nH]c(=O)[nH]c3c2)nc1. The maximum Gasteiger partial charge on any atom is 0.339 e. The highest BCUT2D eigenvalue weighted by Gasteiger charge is 2.06. The minimum absolute atomic E-state index is 0.220. The lowest BCUT2D eigenvalue weighted by molar-refractivity contribution is 0.0600. The second kappa shape index (κ2) is 5.24. The third-order valence-corrected chi connectivity index (χ3v) is 3.21. The topological polar surface area (TPSA) is 87.8 Å². The van der Waals surface area contributed by atoms with Gasteiger partial charge in [0.25, 0.3) is 0 Å². The van der Waals surface area contributed by atoms with Gasteiger partial charge in [0, 0.05) is 18.3 Å². The van der Waals surface area contributed by atoms with Crippen molar-refractivity contribution in [3.63, 3.8) is 0 Å². The zero-order chi connectivity index (χ0) is 14.8. The lowest BCUT2D eigenvalue weighted by Gasteiger charge is -2.03. The number of nitrogens with zero attached hydrogens (tertiary/aromatic N) is 1. The van der Waals surface area contributed by atoms with Crippen molar-refractivity contribution in [1.82, 2.24) is 15.0 Å². The van der Waals surface area contributed by atoms with Crippen LogP contribution in [0, 0.1) is 0 Å². The molecule has 0 aliphatic carbocycles. The Hall–Kier alpha value is -2.89. The number of carbonyl (C=O) groups is 1. The maximum absolute atomic E-state index is 11.3. The molecule has 2 N–H and O–H groups in total. The number of H-pyrrole nitrogens is 2. The van der Waals surface area contributed by atoms with Crippen LogP contribution >= 0.6 is 0 Å². The molecule has 0 atom stereocenters. The van der Waals surface area contributed by atoms with Crippen LogP contribution in [-0.4, -0.2) is 28.0 Å². The van der Waals surface area contributed by atoms with Gasteiger partial charge in [-0.3, -0.25) is 4.98 Å². The van der Waals surface area contributed by atoms with E-state index in [-0.39, 0.29) is 5.69 Å². The average Bonchev–Trinajstić information content (AvgIpc) is 2.86. The number of imidazole rings is 1. The Morgan fingerprint density at radius 1 is 1.19 bits per heavy atom. The zero-order valence-corrected chi connectivity index (χ0v) is 11.3. The van der Waals surface area contributed by atoms with Gasteiger partial charge in [-0.05, 0) is 29.8 Å². The molecule has 0 bridgehead atoms. The van der Waals surface area contributed by atoms with Crippen LogP contribution in [0.4, 0.5) is 0 Å². The number of benzene rings is 1. The molecule has 0 saturated heterocycles. The van der Waals surface area contributed by atoms with E-state index in [1.165, 1.54) is 13.3 Å². The summed E-state index contributed by atoms with van der Waals surface area (Å²) >= 11 is 0. The summed E-state index contributed by atoms with van der Waals surface area (Å²) in [5, 5.41) is 0. The molecule has 2 heterocycles. The van der Waals surface area contributed by atoms with Gasteiger partial charge in [0.2, 0.25) is 0 Å². The molecule has 0 aliphatic rings. The largest absolute Gasteiger partial charge is 0.465 e. The number of ether oxygens (including phenoxy) is 1. The van der Waals surface area contributed by atoms with Crippen LogP contribution in [0.5, 0.6) is 0 Å². The van der Waals surface area contributed by atoms with E-state index in [1.54, 1.807) is 12.1 Å². The molecule has 0 spiro atoms. The first-order chi connectivity index (χ1) is 10.2. The molecule has 0 amide bonds. The summed E-state index contributed by atoms with van der Waals surface area (Å²) in [7, 11) is 1.34. The molecule has 3 rings (SSSR count). The summed E-state index contributed by atoms with van der Waals surface area (Å²) in [5.74, 6) is -0.402. The van der Waals surface area contributed by atoms with Gasteiger partial charge in [0.05, 0.1) is 23.7 Å². The summed E-state index contributed by atoms with van der Waals surface area (Å²) < 4.78 is 4.63. The molecule has 2 aromatic heterocycles. The number of hydrogen-bond acceptors (Lipinski definition) is 4. The second-order valence-corrected chi connectivity index (χ2v) is 4.67. The number of methoxy groups -OCH3 is 1. The highest BCUT2D eigenvalue weighted by Crippen LogP contribution is 2.13. The molecule has 106 valence electrons. The quantitative estimate of drug-likeness (QED) is 0.715. The average molecular weight is 283 g/mol. The fourth-order valence-corrected chi connectivity index (χ4v) is 2.17. The van der Waals surface area contributed by atoms with E-state index in [9.17, 15) is 9.59 Å². The number of aromatic amines is 2. The fraction of sp³-hybridized carbons (Fsp3) is 0.133. The summed E-state index contributed by atoms with van der Waals surface area (Å²) in [6.45, 7) is 0. The highest BCUT2D eigenvalue weighted by atomic mass is 16.5. The minimum Gasteiger partial charge on any atom is -0.465 e. The Morgan fingerprint density at radius 3 is 2.71 bits per heavy atom. The Balaban J connectivity index is 1.84. The van der Waals surface area contributed by atoms with Gasteiger partial charge >= 0.3 is 11.7 Å². The Labute approximate surface area is 119 Å². The van der Waals surface area contributed by atoms with Gasteiger partial charge < -0.3 is 14.7 Å². The van der Waals surface area contributed by atoms with E-state index in [0.717, 1.165) is 22.3 Å². The fourth-order valence-electron chi connectivity index (χ4n) is 2.17. The molecule has 0 radical (unpaired) electrons. The summed E-state index contributed by atoms with van der Waals surface area (Å²) in [6.07, 6.45) is 2.11. The van der Waals surface area contributed by atoms with E-state index < -0.39 is 5.97 Å². The first-order valence-corrected chi connectivity index (χ1v) is 6.40. The molecule has 0 aliphatic heterocycles. The lowest BCUT2D eigenvalue weighted by Crippen LogP contribution is -2.02. The molecule has 6 heteroatoms. The summed E-state index contributed by atoms with van der Waals surface area (Å²) in [5.41, 5.74) is 3.60. The molecule has 21 heavy (non-hydrogen) atoms. The van der Waals surface area contributed by atoms with E-state index >= 15 is 0 Å². The molecule has 3 aromatic rings. The minimum atomic E-state index is -0.402. The first-order valence-electron chi connectivity index (χ1n) is 6.40. The van der Waals surface area contributed by atoms with Gasteiger partial charge in [-0.15, -0.1) is 0 Å². The number of fused-ring (bicyclic) bond motifs is 1. The lowest BCUT2D eigenvalue weighted by atomic mass is 10.1. The third kappa shape index (κ3) is 2.69. The number of hydrogen-bond donors (Lipinski definition) is 2. The Kier molecular flexibility index (Phi) is 3.27. The van der Waals surface area contributed by atoms with Gasteiger partial charge in [0.1, 0.15) is 0 Å². The van der Waals surface area contributed by atoms with Crippen molar-refractivity contribution >= 4 is 17.0 Å². The predicted molar refractivity (Wildman–Crippen MR) is 77.3 cm³/mol. The molecular formula is C15H13N3O3. The van der Waals surface area contributed by atoms with E-state index in [4.69, 9.17) is 0 Å². The molecule has 6 nitrogen and oxygen atoms in total. The van der Waals surface area contributed by atoms with E-state index in [0.29, 0.717) is 12.0 Å². The maximum atomic E-state index is 11.3. The zero-order valence-electron chi connectivity index (χ0n) is 11.3. The summed E-state index contributed by atoms with van der Waals surface area (Å²) in [6, 6.07) is 9.16. The van der Waals surface area contributed by atoms with E-state index in [1.807, 2.05) is 18.2 Å². The Morgan fingerprint density at radius 2 is 2.00 bits per heavy atom. The number of esters is 1. The van der Waals surface area contributed by atoms with Crippen molar-refractivity contribution < 1.29 is 9.53 Å². The number of nitrogens with one attached hydrogen (secondary N) is 2. The molecule has 0 fully saturated rings. The smallest absolute Gasteiger partial charge is 0.339 e.